The van der Waals surface area contributed by atoms with Crippen LogP contribution in [-0.2, 0) is 4.79 Å². The van der Waals surface area contributed by atoms with Crippen molar-refractivity contribution in [1.29, 1.82) is 0 Å². The Bertz CT molecular complexity index is 921. The number of nitrogens with one attached hydrogen (secondary N) is 1. The number of carbonyl (C=O) groups excluding carboxylic acids is 2. The van der Waals surface area contributed by atoms with E-state index in [9.17, 15) is 19.7 Å². The van der Waals surface area contributed by atoms with Gasteiger partial charge in [0.1, 0.15) is 5.75 Å². The van der Waals surface area contributed by atoms with Gasteiger partial charge in [0.25, 0.3) is 17.5 Å². The molecule has 2 amide bonds. The number of carbonyl (C=O) groups is 2. The van der Waals surface area contributed by atoms with Gasteiger partial charge in [-0.25, -0.2) is 0 Å². The molecule has 0 spiro atoms. The van der Waals surface area contributed by atoms with Gasteiger partial charge in [0.15, 0.2) is 6.10 Å². The first-order valence-electron chi connectivity index (χ1n) is 9.95. The molecule has 1 saturated heterocycles. The highest BCUT2D eigenvalue weighted by atomic mass is 16.6. The maximum Gasteiger partial charge on any atom is 0.269 e. The monoisotopic (exact) mass is 411 g/mol. The van der Waals surface area contributed by atoms with Gasteiger partial charge in [-0.15, -0.1) is 0 Å². The lowest BCUT2D eigenvalue weighted by Crippen LogP contribution is -2.38. The number of likely N-dealkylation sites (tertiary alicyclic amines) is 1. The molecule has 1 fully saturated rings. The Morgan fingerprint density at radius 2 is 1.77 bits per heavy atom. The standard InChI is InChI=1S/C22H25N3O5/c1-15-11-13-24(14-12-15)22(27)19-5-3-4-6-20(19)23-21(26)16(2)30-18-9-7-17(8-10-18)25(28)29/h3-10,15-16H,11-14H2,1-2H3,(H,23,26). The fourth-order valence-corrected chi connectivity index (χ4v) is 3.30. The minimum Gasteiger partial charge on any atom is -0.481 e. The smallest absolute Gasteiger partial charge is 0.269 e. The number of hydrogen-bond acceptors (Lipinski definition) is 5. The van der Waals surface area contributed by atoms with E-state index in [4.69, 9.17) is 4.74 Å². The molecule has 2 aromatic carbocycles. The quantitative estimate of drug-likeness (QED) is 0.574. The Balaban J connectivity index is 1.66. The molecule has 3 rings (SSSR count). The number of hydrogen-bond donors (Lipinski definition) is 1. The number of rotatable bonds is 6. The summed E-state index contributed by atoms with van der Waals surface area (Å²) in [6, 6.07) is 12.4. The largest absolute Gasteiger partial charge is 0.481 e. The van der Waals surface area contributed by atoms with Gasteiger partial charge in [0, 0.05) is 25.2 Å². The van der Waals surface area contributed by atoms with Crippen molar-refractivity contribution in [3.63, 3.8) is 0 Å². The Labute approximate surface area is 175 Å². The van der Waals surface area contributed by atoms with Gasteiger partial charge in [-0.3, -0.25) is 19.7 Å². The summed E-state index contributed by atoms with van der Waals surface area (Å²) < 4.78 is 5.58. The van der Waals surface area contributed by atoms with Crippen LogP contribution in [0.25, 0.3) is 0 Å². The summed E-state index contributed by atoms with van der Waals surface area (Å²) in [6.45, 7) is 5.18. The van der Waals surface area contributed by atoms with Crippen LogP contribution in [0.15, 0.2) is 48.5 Å². The summed E-state index contributed by atoms with van der Waals surface area (Å²) in [7, 11) is 0. The molecule has 1 N–H and O–H groups in total. The molecule has 1 aliphatic rings. The van der Waals surface area contributed by atoms with Gasteiger partial charge >= 0.3 is 0 Å². The van der Waals surface area contributed by atoms with E-state index in [1.54, 1.807) is 31.2 Å². The molecular formula is C22H25N3O5. The molecule has 0 saturated carbocycles. The molecule has 30 heavy (non-hydrogen) atoms. The third-order valence-electron chi connectivity index (χ3n) is 5.22. The summed E-state index contributed by atoms with van der Waals surface area (Å²) in [4.78, 5) is 37.6. The molecule has 158 valence electrons. The van der Waals surface area contributed by atoms with Crippen LogP contribution in [0, 0.1) is 16.0 Å². The highest BCUT2D eigenvalue weighted by molar-refractivity contribution is 6.04. The molecule has 0 bridgehead atoms. The number of ether oxygens (including phenoxy) is 1. The first kappa shape index (κ1) is 21.3. The van der Waals surface area contributed by atoms with E-state index in [0.29, 0.717) is 36.0 Å². The summed E-state index contributed by atoms with van der Waals surface area (Å²) in [5, 5.41) is 13.5. The molecule has 2 aromatic rings. The first-order valence-corrected chi connectivity index (χ1v) is 9.95. The predicted octanol–water partition coefficient (Wildman–Crippen LogP) is 3.87. The maximum absolute atomic E-state index is 12.9. The van der Waals surface area contributed by atoms with Crippen molar-refractivity contribution in [1.82, 2.24) is 4.90 Å². The zero-order valence-electron chi connectivity index (χ0n) is 17.0. The van der Waals surface area contributed by atoms with Crippen LogP contribution in [0.3, 0.4) is 0 Å². The number of nitro benzene ring substituents is 1. The number of anilines is 1. The van der Waals surface area contributed by atoms with Gasteiger partial charge in [-0.1, -0.05) is 19.1 Å². The topological polar surface area (TPSA) is 102 Å². The number of non-ortho nitro benzene ring substituents is 1. The van der Waals surface area contributed by atoms with E-state index in [1.165, 1.54) is 24.3 Å². The minimum atomic E-state index is -0.856. The number of piperidine rings is 1. The maximum atomic E-state index is 12.9. The average Bonchev–Trinajstić information content (AvgIpc) is 2.74. The second kappa shape index (κ2) is 9.39. The normalized spacial score (nSPS) is 15.3. The van der Waals surface area contributed by atoms with Crippen molar-refractivity contribution >= 4 is 23.2 Å². The van der Waals surface area contributed by atoms with E-state index in [0.717, 1.165) is 12.8 Å². The van der Waals surface area contributed by atoms with Gasteiger partial charge in [0.2, 0.25) is 0 Å². The molecule has 1 heterocycles. The zero-order valence-corrected chi connectivity index (χ0v) is 17.0. The molecule has 8 heteroatoms. The van der Waals surface area contributed by atoms with Crippen LogP contribution in [-0.4, -0.2) is 40.8 Å². The van der Waals surface area contributed by atoms with E-state index in [-0.39, 0.29) is 11.6 Å². The molecule has 1 unspecified atom stereocenters. The van der Waals surface area contributed by atoms with Gasteiger partial charge in [-0.05, 0) is 49.9 Å². The Hall–Kier alpha value is -3.42. The lowest BCUT2D eigenvalue weighted by atomic mass is 9.98. The molecular weight excluding hydrogens is 386 g/mol. The van der Waals surface area contributed by atoms with E-state index >= 15 is 0 Å². The van der Waals surface area contributed by atoms with E-state index in [2.05, 4.69) is 12.2 Å². The van der Waals surface area contributed by atoms with Gasteiger partial charge in [0.05, 0.1) is 16.2 Å². The van der Waals surface area contributed by atoms with Crippen LogP contribution in [0.5, 0.6) is 5.75 Å². The molecule has 8 nitrogen and oxygen atoms in total. The molecule has 0 radical (unpaired) electrons. The molecule has 0 aromatic heterocycles. The highest BCUT2D eigenvalue weighted by Crippen LogP contribution is 2.23. The number of amides is 2. The SMILES string of the molecule is CC1CCN(C(=O)c2ccccc2NC(=O)C(C)Oc2ccc([N+](=O)[O-])cc2)CC1. The Morgan fingerprint density at radius 3 is 2.40 bits per heavy atom. The summed E-state index contributed by atoms with van der Waals surface area (Å²) in [5.74, 6) is 0.444. The van der Waals surface area contributed by atoms with Gasteiger partial charge < -0.3 is 15.0 Å². The van der Waals surface area contributed by atoms with Crippen LogP contribution in [0.4, 0.5) is 11.4 Å². The summed E-state index contributed by atoms with van der Waals surface area (Å²) in [5.41, 5.74) is 0.826. The van der Waals surface area contributed by atoms with Crippen molar-refractivity contribution in [2.24, 2.45) is 5.92 Å². The number of nitro groups is 1. The number of benzene rings is 2. The second-order valence-electron chi connectivity index (χ2n) is 7.52. The fraction of sp³-hybridized carbons (Fsp3) is 0.364. The van der Waals surface area contributed by atoms with Crippen molar-refractivity contribution in [2.75, 3.05) is 18.4 Å². The second-order valence-corrected chi connectivity index (χ2v) is 7.52. The Kier molecular flexibility index (Phi) is 6.66. The lowest BCUT2D eigenvalue weighted by molar-refractivity contribution is -0.384. The lowest BCUT2D eigenvalue weighted by Gasteiger charge is -2.31. The minimum absolute atomic E-state index is 0.0565. The van der Waals surface area contributed by atoms with Crippen molar-refractivity contribution in [2.45, 2.75) is 32.8 Å². The molecule has 1 aliphatic heterocycles. The fourth-order valence-electron chi connectivity index (χ4n) is 3.30. The van der Waals surface area contributed by atoms with Crippen molar-refractivity contribution in [3.05, 3.63) is 64.2 Å². The van der Waals surface area contributed by atoms with E-state index < -0.39 is 16.9 Å². The first-order chi connectivity index (χ1) is 14.3. The number of nitrogens with zero attached hydrogens (tertiary/aromatic N) is 2. The molecule has 1 atom stereocenters. The average molecular weight is 411 g/mol. The van der Waals surface area contributed by atoms with Crippen LogP contribution in [0.1, 0.15) is 37.0 Å². The van der Waals surface area contributed by atoms with Crippen LogP contribution < -0.4 is 10.1 Å². The van der Waals surface area contributed by atoms with Crippen molar-refractivity contribution < 1.29 is 19.2 Å². The highest BCUT2D eigenvalue weighted by Gasteiger charge is 2.24. The van der Waals surface area contributed by atoms with Crippen LogP contribution >= 0.6 is 0 Å². The van der Waals surface area contributed by atoms with Crippen molar-refractivity contribution in [3.8, 4) is 5.75 Å². The summed E-state index contributed by atoms with van der Waals surface area (Å²) >= 11 is 0. The third kappa shape index (κ3) is 5.14. The van der Waals surface area contributed by atoms with E-state index in [1.807, 2.05) is 4.90 Å². The Morgan fingerprint density at radius 1 is 1.13 bits per heavy atom. The predicted molar refractivity (Wildman–Crippen MR) is 113 cm³/mol. The third-order valence-corrected chi connectivity index (χ3v) is 5.22. The zero-order chi connectivity index (χ0) is 21.7. The van der Waals surface area contributed by atoms with Crippen LogP contribution in [0.2, 0.25) is 0 Å². The molecule has 0 aliphatic carbocycles. The summed E-state index contributed by atoms with van der Waals surface area (Å²) in [6.07, 6.45) is 1.09. The number of para-hydroxylation sites is 1. The van der Waals surface area contributed by atoms with Gasteiger partial charge in [-0.2, -0.15) is 0 Å².